The summed E-state index contributed by atoms with van der Waals surface area (Å²) in [7, 11) is 1.66. The molecule has 1 saturated heterocycles. The SMILES string of the molecule is COc1ccc([C@@H]2CCCN2C(=O)/C=C/c2cccc(Br)c2)cc1. The number of carbonyl (C=O) groups is 1. The zero-order valence-electron chi connectivity index (χ0n) is 13.6. The van der Waals surface area contributed by atoms with Crippen LogP contribution in [-0.4, -0.2) is 24.5 Å². The topological polar surface area (TPSA) is 29.5 Å². The van der Waals surface area contributed by atoms with Crippen LogP contribution < -0.4 is 4.74 Å². The van der Waals surface area contributed by atoms with E-state index in [0.717, 1.165) is 40.7 Å². The molecule has 0 spiro atoms. The molecule has 0 saturated carbocycles. The van der Waals surface area contributed by atoms with Crippen LogP contribution in [0.2, 0.25) is 0 Å². The minimum absolute atomic E-state index is 0.0632. The van der Waals surface area contributed by atoms with Crippen LogP contribution in [0.3, 0.4) is 0 Å². The number of halogens is 1. The Labute approximate surface area is 151 Å². The molecule has 24 heavy (non-hydrogen) atoms. The van der Waals surface area contributed by atoms with Crippen LogP contribution in [0.5, 0.6) is 5.75 Å². The van der Waals surface area contributed by atoms with Crippen molar-refractivity contribution in [2.24, 2.45) is 0 Å². The van der Waals surface area contributed by atoms with Crippen molar-refractivity contribution in [3.05, 3.63) is 70.2 Å². The van der Waals surface area contributed by atoms with Crippen LogP contribution in [0.1, 0.15) is 30.0 Å². The molecular weight excluding hydrogens is 366 g/mol. The van der Waals surface area contributed by atoms with E-state index in [4.69, 9.17) is 4.74 Å². The molecule has 0 aliphatic carbocycles. The number of methoxy groups -OCH3 is 1. The summed E-state index contributed by atoms with van der Waals surface area (Å²) in [6.45, 7) is 0.804. The van der Waals surface area contributed by atoms with Crippen molar-refractivity contribution < 1.29 is 9.53 Å². The van der Waals surface area contributed by atoms with Gasteiger partial charge in [-0.1, -0.05) is 40.2 Å². The van der Waals surface area contributed by atoms with Gasteiger partial charge in [-0.2, -0.15) is 0 Å². The molecule has 3 rings (SSSR count). The van der Waals surface area contributed by atoms with Crippen LogP contribution in [0, 0.1) is 0 Å². The lowest BCUT2D eigenvalue weighted by atomic mass is 10.0. The lowest BCUT2D eigenvalue weighted by Gasteiger charge is -2.24. The van der Waals surface area contributed by atoms with Gasteiger partial charge in [-0.15, -0.1) is 0 Å². The third-order valence-corrected chi connectivity index (χ3v) is 4.80. The van der Waals surface area contributed by atoms with E-state index in [1.165, 1.54) is 0 Å². The third-order valence-electron chi connectivity index (χ3n) is 4.30. The molecule has 1 aliphatic rings. The van der Waals surface area contributed by atoms with Gasteiger partial charge in [-0.05, 0) is 54.3 Å². The lowest BCUT2D eigenvalue weighted by Crippen LogP contribution is -2.28. The smallest absolute Gasteiger partial charge is 0.247 e. The van der Waals surface area contributed by atoms with Gasteiger partial charge >= 0.3 is 0 Å². The summed E-state index contributed by atoms with van der Waals surface area (Å²) in [5.74, 6) is 0.900. The van der Waals surface area contributed by atoms with Crippen molar-refractivity contribution in [2.75, 3.05) is 13.7 Å². The van der Waals surface area contributed by atoms with E-state index < -0.39 is 0 Å². The maximum absolute atomic E-state index is 12.6. The first-order valence-electron chi connectivity index (χ1n) is 8.05. The number of rotatable bonds is 4. The highest BCUT2D eigenvalue weighted by atomic mass is 79.9. The van der Waals surface area contributed by atoms with Gasteiger partial charge in [0.15, 0.2) is 0 Å². The van der Waals surface area contributed by atoms with Gasteiger partial charge in [-0.3, -0.25) is 4.79 Å². The molecule has 1 amide bonds. The number of benzene rings is 2. The van der Waals surface area contributed by atoms with Gasteiger partial charge in [-0.25, -0.2) is 0 Å². The van der Waals surface area contributed by atoms with E-state index in [1.807, 2.05) is 59.5 Å². The molecule has 0 bridgehead atoms. The van der Waals surface area contributed by atoms with Crippen molar-refractivity contribution in [3.63, 3.8) is 0 Å². The highest BCUT2D eigenvalue weighted by molar-refractivity contribution is 9.10. The molecule has 0 unspecified atom stereocenters. The Morgan fingerprint density at radius 3 is 2.75 bits per heavy atom. The largest absolute Gasteiger partial charge is 0.497 e. The molecule has 4 heteroatoms. The fourth-order valence-corrected chi connectivity index (χ4v) is 3.49. The second kappa shape index (κ2) is 7.67. The molecule has 1 atom stereocenters. The predicted molar refractivity (Wildman–Crippen MR) is 99.9 cm³/mol. The van der Waals surface area contributed by atoms with Gasteiger partial charge in [0, 0.05) is 17.1 Å². The van der Waals surface area contributed by atoms with Crippen molar-refractivity contribution >= 4 is 27.9 Å². The summed E-state index contributed by atoms with van der Waals surface area (Å²) in [5, 5.41) is 0. The van der Waals surface area contributed by atoms with Crippen molar-refractivity contribution in [1.29, 1.82) is 0 Å². The number of ether oxygens (including phenoxy) is 1. The Morgan fingerprint density at radius 2 is 2.04 bits per heavy atom. The van der Waals surface area contributed by atoms with E-state index in [2.05, 4.69) is 15.9 Å². The van der Waals surface area contributed by atoms with Crippen molar-refractivity contribution in [1.82, 2.24) is 4.90 Å². The zero-order chi connectivity index (χ0) is 16.9. The number of hydrogen-bond acceptors (Lipinski definition) is 2. The number of nitrogens with zero attached hydrogens (tertiary/aromatic N) is 1. The summed E-state index contributed by atoms with van der Waals surface area (Å²) in [5.41, 5.74) is 2.18. The van der Waals surface area contributed by atoms with E-state index in [0.29, 0.717) is 0 Å². The van der Waals surface area contributed by atoms with E-state index in [9.17, 15) is 4.79 Å². The molecule has 2 aromatic rings. The fraction of sp³-hybridized carbons (Fsp3) is 0.250. The molecular formula is C20H20BrNO2. The Morgan fingerprint density at radius 1 is 1.25 bits per heavy atom. The first-order chi connectivity index (χ1) is 11.7. The Balaban J connectivity index is 1.73. The van der Waals surface area contributed by atoms with E-state index in [1.54, 1.807) is 13.2 Å². The maximum Gasteiger partial charge on any atom is 0.247 e. The highest BCUT2D eigenvalue weighted by Crippen LogP contribution is 2.33. The minimum atomic E-state index is 0.0632. The van der Waals surface area contributed by atoms with Crippen molar-refractivity contribution in [3.8, 4) is 5.75 Å². The van der Waals surface area contributed by atoms with Gasteiger partial charge in [0.1, 0.15) is 5.75 Å². The Bertz CT molecular complexity index is 740. The van der Waals surface area contributed by atoms with Crippen LogP contribution in [0.15, 0.2) is 59.1 Å². The van der Waals surface area contributed by atoms with Crippen molar-refractivity contribution in [2.45, 2.75) is 18.9 Å². The van der Waals surface area contributed by atoms with Crippen LogP contribution in [-0.2, 0) is 4.79 Å². The van der Waals surface area contributed by atoms with E-state index >= 15 is 0 Å². The molecule has 2 aromatic carbocycles. The molecule has 124 valence electrons. The average molecular weight is 386 g/mol. The summed E-state index contributed by atoms with van der Waals surface area (Å²) in [4.78, 5) is 14.6. The normalized spacial score (nSPS) is 17.4. The summed E-state index contributed by atoms with van der Waals surface area (Å²) >= 11 is 3.45. The standard InChI is InChI=1S/C20H20BrNO2/c1-24-18-10-8-16(9-11-18)19-6-3-13-22(19)20(23)12-7-15-4-2-5-17(21)14-15/h2,4-5,7-12,14,19H,3,6,13H2,1H3/b12-7+/t19-/m0/s1. The second-order valence-corrected chi connectivity index (χ2v) is 6.77. The van der Waals surface area contributed by atoms with Gasteiger partial charge in [0.25, 0.3) is 0 Å². The molecule has 0 radical (unpaired) electrons. The number of carbonyl (C=O) groups excluding carboxylic acids is 1. The Hall–Kier alpha value is -2.07. The number of amides is 1. The predicted octanol–water partition coefficient (Wildman–Crippen LogP) is 4.83. The first kappa shape index (κ1) is 16.8. The molecule has 0 aromatic heterocycles. The van der Waals surface area contributed by atoms with Gasteiger partial charge < -0.3 is 9.64 Å². The minimum Gasteiger partial charge on any atom is -0.497 e. The van der Waals surface area contributed by atoms with Gasteiger partial charge in [0.2, 0.25) is 5.91 Å². The molecule has 1 heterocycles. The second-order valence-electron chi connectivity index (χ2n) is 5.85. The Kier molecular flexibility index (Phi) is 5.36. The maximum atomic E-state index is 12.6. The highest BCUT2D eigenvalue weighted by Gasteiger charge is 2.28. The van der Waals surface area contributed by atoms with Crippen LogP contribution in [0.4, 0.5) is 0 Å². The summed E-state index contributed by atoms with van der Waals surface area (Å²) in [6.07, 6.45) is 5.58. The average Bonchev–Trinajstić information content (AvgIpc) is 3.09. The first-order valence-corrected chi connectivity index (χ1v) is 8.85. The number of likely N-dealkylation sites (tertiary alicyclic amines) is 1. The molecule has 3 nitrogen and oxygen atoms in total. The fourth-order valence-electron chi connectivity index (χ4n) is 3.08. The monoisotopic (exact) mass is 385 g/mol. The third kappa shape index (κ3) is 3.88. The quantitative estimate of drug-likeness (QED) is 0.705. The van der Waals surface area contributed by atoms with Gasteiger partial charge in [0.05, 0.1) is 13.2 Å². The van der Waals surface area contributed by atoms with Crippen LogP contribution >= 0.6 is 15.9 Å². The molecule has 1 aliphatic heterocycles. The summed E-state index contributed by atoms with van der Waals surface area (Å²) < 4.78 is 6.22. The van der Waals surface area contributed by atoms with Crippen LogP contribution in [0.25, 0.3) is 6.08 Å². The number of hydrogen-bond donors (Lipinski definition) is 0. The zero-order valence-corrected chi connectivity index (χ0v) is 15.2. The van der Waals surface area contributed by atoms with E-state index in [-0.39, 0.29) is 11.9 Å². The molecule has 0 N–H and O–H groups in total. The molecule has 1 fully saturated rings. The lowest BCUT2D eigenvalue weighted by molar-refractivity contribution is -0.126. The summed E-state index contributed by atoms with van der Waals surface area (Å²) in [6, 6.07) is 16.1.